The molecule has 200 valence electrons. The summed E-state index contributed by atoms with van der Waals surface area (Å²) >= 11 is 0. The van der Waals surface area contributed by atoms with E-state index in [-0.39, 0.29) is 0 Å². The molecule has 6 heteroatoms. The number of hydrogen-bond acceptors (Lipinski definition) is 6. The number of ether oxygens (including phenoxy) is 1. The fraction of sp³-hybridized carbons (Fsp3) is 0.419. The van der Waals surface area contributed by atoms with E-state index in [4.69, 9.17) is 9.73 Å². The Morgan fingerprint density at radius 2 is 2.00 bits per heavy atom. The lowest BCUT2D eigenvalue weighted by Gasteiger charge is -2.34. The smallest absolute Gasteiger partial charge is 0.146 e. The van der Waals surface area contributed by atoms with E-state index in [1.807, 2.05) is 39.1 Å². The molecule has 0 unspecified atom stereocenters. The standard InChI is InChI=1S/C30H40N4O.CH5N/c1-9-23(14-12-17-33(7)8)19-24(10-2)32-21-27-26-16-15-25(34-18-11-13-22(34)3)20-28(26)35-30(4,5)29(27)31-6;1-2/h9-10,15-16,19-21H,1,3,6,11-14,17-18H2,2,4-5,7-8H3;2H2,1H3/b23-19+,24-10+,32-21?;. The van der Waals surface area contributed by atoms with Gasteiger partial charge in [-0.15, -0.1) is 0 Å². The van der Waals surface area contributed by atoms with E-state index in [0.717, 1.165) is 78.4 Å². The Labute approximate surface area is 224 Å². The van der Waals surface area contributed by atoms with Crippen molar-refractivity contribution in [3.63, 3.8) is 0 Å². The van der Waals surface area contributed by atoms with Crippen molar-refractivity contribution in [2.45, 2.75) is 52.1 Å². The highest BCUT2D eigenvalue weighted by molar-refractivity contribution is 6.13. The van der Waals surface area contributed by atoms with E-state index in [0.29, 0.717) is 0 Å². The van der Waals surface area contributed by atoms with Gasteiger partial charge in [-0.25, -0.2) is 0 Å². The van der Waals surface area contributed by atoms with Gasteiger partial charge < -0.3 is 20.3 Å². The average Bonchev–Trinajstić information content (AvgIpc) is 3.30. The van der Waals surface area contributed by atoms with Gasteiger partial charge in [0.25, 0.3) is 0 Å². The third-order valence-electron chi connectivity index (χ3n) is 6.45. The minimum Gasteiger partial charge on any atom is -0.481 e. The third-order valence-corrected chi connectivity index (χ3v) is 6.45. The van der Waals surface area contributed by atoms with Crippen LogP contribution in [0, 0.1) is 0 Å². The lowest BCUT2D eigenvalue weighted by molar-refractivity contribution is 0.144. The molecule has 6 nitrogen and oxygen atoms in total. The lowest BCUT2D eigenvalue weighted by Crippen LogP contribution is -2.34. The van der Waals surface area contributed by atoms with Crippen LogP contribution in [-0.4, -0.2) is 57.7 Å². The number of anilines is 1. The van der Waals surface area contributed by atoms with Crippen LogP contribution in [0.1, 0.15) is 52.0 Å². The topological polar surface area (TPSA) is 66.5 Å². The molecule has 2 aliphatic rings. The minimum absolute atomic E-state index is 0.624. The molecule has 0 aromatic heterocycles. The van der Waals surface area contributed by atoms with Crippen molar-refractivity contribution < 1.29 is 4.74 Å². The Bertz CT molecular complexity index is 1100. The summed E-state index contributed by atoms with van der Waals surface area (Å²) < 4.78 is 6.41. The summed E-state index contributed by atoms with van der Waals surface area (Å²) in [6, 6.07) is 6.33. The van der Waals surface area contributed by atoms with Gasteiger partial charge in [-0.1, -0.05) is 25.3 Å². The van der Waals surface area contributed by atoms with Crippen molar-refractivity contribution in [2.75, 3.05) is 39.1 Å². The van der Waals surface area contributed by atoms with E-state index in [2.05, 4.69) is 78.8 Å². The summed E-state index contributed by atoms with van der Waals surface area (Å²) in [6.07, 6.45) is 12.1. The number of fused-ring (bicyclic) bond motifs is 1. The van der Waals surface area contributed by atoms with Crippen molar-refractivity contribution in [3.8, 4) is 5.75 Å². The molecule has 2 heterocycles. The molecule has 2 N–H and O–H groups in total. The van der Waals surface area contributed by atoms with Crippen LogP contribution in [0.5, 0.6) is 5.75 Å². The molecule has 3 rings (SSSR count). The molecule has 1 aromatic rings. The van der Waals surface area contributed by atoms with Crippen LogP contribution in [0.3, 0.4) is 0 Å². The Balaban J connectivity index is 0.00000235. The van der Waals surface area contributed by atoms with Crippen molar-refractivity contribution in [2.24, 2.45) is 15.7 Å². The molecule has 0 bridgehead atoms. The molecule has 37 heavy (non-hydrogen) atoms. The summed E-state index contributed by atoms with van der Waals surface area (Å²) in [4.78, 5) is 13.7. The van der Waals surface area contributed by atoms with Gasteiger partial charge in [0.15, 0.2) is 0 Å². The van der Waals surface area contributed by atoms with E-state index in [9.17, 15) is 0 Å². The highest BCUT2D eigenvalue weighted by atomic mass is 16.5. The summed E-state index contributed by atoms with van der Waals surface area (Å²) in [6.45, 7) is 20.1. The van der Waals surface area contributed by atoms with Crippen molar-refractivity contribution >= 4 is 24.2 Å². The highest BCUT2D eigenvalue weighted by Crippen LogP contribution is 2.43. The second-order valence-corrected chi connectivity index (χ2v) is 9.84. The van der Waals surface area contributed by atoms with Crippen LogP contribution in [-0.2, 0) is 0 Å². The lowest BCUT2D eigenvalue weighted by atomic mass is 9.91. The zero-order valence-electron chi connectivity index (χ0n) is 23.7. The zero-order chi connectivity index (χ0) is 27.6. The highest BCUT2D eigenvalue weighted by Gasteiger charge is 2.35. The van der Waals surface area contributed by atoms with Gasteiger partial charge >= 0.3 is 0 Å². The fourth-order valence-corrected chi connectivity index (χ4v) is 4.57. The first-order chi connectivity index (χ1) is 17.7. The van der Waals surface area contributed by atoms with E-state index in [1.165, 1.54) is 12.6 Å². The Kier molecular flexibility index (Phi) is 11.3. The van der Waals surface area contributed by atoms with Crippen LogP contribution in [0.2, 0.25) is 0 Å². The molecule has 0 spiro atoms. The van der Waals surface area contributed by atoms with E-state index >= 15 is 0 Å². The van der Waals surface area contributed by atoms with Gasteiger partial charge in [-0.3, -0.25) is 9.98 Å². The summed E-state index contributed by atoms with van der Waals surface area (Å²) in [5.41, 5.74) is 10.9. The van der Waals surface area contributed by atoms with E-state index < -0.39 is 5.60 Å². The van der Waals surface area contributed by atoms with Crippen LogP contribution in [0.15, 0.2) is 82.2 Å². The molecular formula is C31H45N5O. The molecule has 0 aliphatic carbocycles. The molecule has 0 atom stereocenters. The van der Waals surface area contributed by atoms with Crippen LogP contribution in [0.4, 0.5) is 5.69 Å². The van der Waals surface area contributed by atoms with Gasteiger partial charge in [0, 0.05) is 41.3 Å². The van der Waals surface area contributed by atoms with Crippen LogP contribution < -0.4 is 15.4 Å². The number of allylic oxidation sites excluding steroid dienone is 6. The maximum absolute atomic E-state index is 6.41. The second-order valence-electron chi connectivity index (χ2n) is 9.84. The van der Waals surface area contributed by atoms with Gasteiger partial charge in [-0.2, -0.15) is 0 Å². The maximum atomic E-state index is 6.41. The van der Waals surface area contributed by atoms with E-state index in [1.54, 1.807) is 0 Å². The third kappa shape index (κ3) is 7.63. The molecule has 0 amide bonds. The molecule has 1 aromatic carbocycles. The number of rotatable bonds is 10. The number of hydrogen-bond donors (Lipinski definition) is 1. The van der Waals surface area contributed by atoms with Crippen molar-refractivity contribution in [1.29, 1.82) is 0 Å². The number of nitrogens with zero attached hydrogens (tertiary/aromatic N) is 4. The number of aliphatic imine (C=N–C) groups is 2. The quantitative estimate of drug-likeness (QED) is 0.297. The zero-order valence-corrected chi connectivity index (χ0v) is 23.7. The first-order valence-corrected chi connectivity index (χ1v) is 13.0. The Hall–Kier alpha value is -3.22. The van der Waals surface area contributed by atoms with Gasteiger partial charge in [0.2, 0.25) is 0 Å². The predicted octanol–water partition coefficient (Wildman–Crippen LogP) is 6.39. The fourth-order valence-electron chi connectivity index (χ4n) is 4.57. The minimum atomic E-state index is -0.624. The number of benzene rings is 1. The monoisotopic (exact) mass is 503 g/mol. The Morgan fingerprint density at radius 3 is 2.57 bits per heavy atom. The second kappa shape index (κ2) is 13.9. The molecule has 0 saturated carbocycles. The summed E-state index contributed by atoms with van der Waals surface area (Å²) in [5, 5.41) is 0. The van der Waals surface area contributed by atoms with Crippen molar-refractivity contribution in [3.05, 3.63) is 77.8 Å². The predicted molar refractivity (Wildman–Crippen MR) is 162 cm³/mol. The first kappa shape index (κ1) is 30.0. The Morgan fingerprint density at radius 1 is 1.27 bits per heavy atom. The molecular weight excluding hydrogens is 458 g/mol. The molecule has 1 fully saturated rings. The van der Waals surface area contributed by atoms with Gasteiger partial charge in [0.1, 0.15) is 11.4 Å². The van der Waals surface area contributed by atoms with Crippen molar-refractivity contribution in [1.82, 2.24) is 4.90 Å². The first-order valence-electron chi connectivity index (χ1n) is 13.0. The maximum Gasteiger partial charge on any atom is 0.146 e. The SMILES string of the molecule is C=C/C(=C\C(=C/C)N=CC1=C(N=C)C(C)(C)Oc2cc(N3CCCC3=C)ccc21)CCCN(C)C.CN. The molecule has 2 aliphatic heterocycles. The summed E-state index contributed by atoms with van der Waals surface area (Å²) in [7, 11) is 5.69. The average molecular weight is 504 g/mol. The summed E-state index contributed by atoms with van der Waals surface area (Å²) in [5.74, 6) is 0.828. The van der Waals surface area contributed by atoms with Crippen LogP contribution in [0.25, 0.3) is 5.57 Å². The molecule has 1 saturated heterocycles. The largest absolute Gasteiger partial charge is 0.481 e. The number of nitrogens with two attached hydrogens (primary N) is 1. The molecule has 0 radical (unpaired) electrons. The van der Waals surface area contributed by atoms with Crippen LogP contribution >= 0.6 is 0 Å². The van der Waals surface area contributed by atoms with Gasteiger partial charge in [0.05, 0.1) is 11.4 Å². The normalized spacial score (nSPS) is 17.5. The van der Waals surface area contributed by atoms with Gasteiger partial charge in [-0.05, 0) is 105 Å².